The molecule has 0 unspecified atom stereocenters. The van der Waals surface area contributed by atoms with Gasteiger partial charge in [-0.05, 0) is 42.5 Å². The molecule has 0 bridgehead atoms. The monoisotopic (exact) mass is 410 g/mol. The van der Waals surface area contributed by atoms with Crippen molar-refractivity contribution in [3.8, 4) is 34.4 Å². The molecule has 5 rings (SSSR count). The van der Waals surface area contributed by atoms with E-state index < -0.39 is 0 Å². The Morgan fingerprint density at radius 1 is 0.710 bits per heavy atom. The summed E-state index contributed by atoms with van der Waals surface area (Å²) >= 11 is 0. The number of nitrogens with one attached hydrogen (secondary N) is 3. The quantitative estimate of drug-likeness (QED) is 0.216. The Balaban J connectivity index is 1.43. The molecular weight excluding hydrogens is 392 g/mol. The van der Waals surface area contributed by atoms with Gasteiger partial charge >= 0.3 is 0 Å². The van der Waals surface area contributed by atoms with Crippen molar-refractivity contribution < 1.29 is 8.83 Å². The Morgan fingerprint density at radius 2 is 1.29 bits per heavy atom. The highest BCUT2D eigenvalue weighted by Crippen LogP contribution is 2.32. The number of benzene rings is 2. The van der Waals surface area contributed by atoms with Gasteiger partial charge < -0.3 is 25.3 Å². The van der Waals surface area contributed by atoms with E-state index in [9.17, 15) is 0 Å². The van der Waals surface area contributed by atoms with Gasteiger partial charge in [-0.2, -0.15) is 0 Å². The van der Waals surface area contributed by atoms with Gasteiger partial charge in [0.05, 0.1) is 11.0 Å². The molecule has 0 amide bonds. The minimum absolute atomic E-state index is 0.00268. The van der Waals surface area contributed by atoms with E-state index in [1.165, 1.54) is 0 Å². The molecule has 31 heavy (non-hydrogen) atoms. The summed E-state index contributed by atoms with van der Waals surface area (Å²) in [7, 11) is 0. The van der Waals surface area contributed by atoms with Crippen LogP contribution < -0.4 is 11.5 Å². The van der Waals surface area contributed by atoms with Gasteiger partial charge in [0, 0.05) is 16.7 Å². The molecule has 0 saturated carbocycles. The summed E-state index contributed by atoms with van der Waals surface area (Å²) in [6.45, 7) is 0. The number of hydrogen-bond donors (Lipinski definition) is 5. The molecule has 0 fully saturated rings. The number of furan rings is 2. The molecule has 0 atom stereocenters. The van der Waals surface area contributed by atoms with E-state index in [2.05, 4.69) is 9.97 Å². The lowest BCUT2D eigenvalue weighted by atomic mass is 10.1. The summed E-state index contributed by atoms with van der Waals surface area (Å²) in [4.78, 5) is 7.75. The van der Waals surface area contributed by atoms with E-state index in [4.69, 9.17) is 31.1 Å². The van der Waals surface area contributed by atoms with Crippen LogP contribution in [0.4, 0.5) is 0 Å². The van der Waals surface area contributed by atoms with Crippen LogP contribution in [0.5, 0.6) is 0 Å². The Labute approximate surface area is 176 Å². The van der Waals surface area contributed by atoms with Crippen LogP contribution in [0, 0.1) is 10.8 Å². The number of aromatic nitrogens is 2. The Bertz CT molecular complexity index is 1440. The van der Waals surface area contributed by atoms with Gasteiger partial charge in [-0.1, -0.05) is 24.3 Å². The molecule has 0 saturated heterocycles. The summed E-state index contributed by atoms with van der Waals surface area (Å²) < 4.78 is 11.9. The number of nitrogens with zero attached hydrogens (tertiary/aromatic N) is 1. The zero-order chi connectivity index (χ0) is 21.5. The maximum absolute atomic E-state index is 7.57. The molecule has 8 nitrogen and oxygen atoms in total. The van der Waals surface area contributed by atoms with Gasteiger partial charge in [0.1, 0.15) is 17.4 Å². The lowest BCUT2D eigenvalue weighted by Gasteiger charge is -2.00. The second-order valence-corrected chi connectivity index (χ2v) is 7.05. The number of amidine groups is 2. The molecule has 3 aromatic heterocycles. The van der Waals surface area contributed by atoms with Gasteiger partial charge in [0.15, 0.2) is 23.1 Å². The average Bonchev–Trinajstić information content (AvgIpc) is 3.51. The van der Waals surface area contributed by atoms with Crippen LogP contribution >= 0.6 is 0 Å². The summed E-state index contributed by atoms with van der Waals surface area (Å²) in [5.41, 5.74) is 14.8. The van der Waals surface area contributed by atoms with Crippen LogP contribution in [0.1, 0.15) is 11.1 Å². The highest BCUT2D eigenvalue weighted by molar-refractivity contribution is 5.98. The van der Waals surface area contributed by atoms with Crippen LogP contribution in [0.25, 0.3) is 45.5 Å². The number of H-pyrrole nitrogens is 1. The summed E-state index contributed by atoms with van der Waals surface area (Å²) in [5.74, 6) is 3.02. The molecule has 0 aliphatic heterocycles. The van der Waals surface area contributed by atoms with E-state index >= 15 is 0 Å². The fourth-order valence-corrected chi connectivity index (χ4v) is 3.33. The second-order valence-electron chi connectivity index (χ2n) is 7.05. The molecule has 0 radical (unpaired) electrons. The van der Waals surface area contributed by atoms with Gasteiger partial charge in [-0.15, -0.1) is 0 Å². The van der Waals surface area contributed by atoms with Crippen LogP contribution in [-0.4, -0.2) is 21.6 Å². The topological polar surface area (TPSA) is 155 Å². The minimum Gasteiger partial charge on any atom is -0.453 e. The Kier molecular flexibility index (Phi) is 4.18. The first-order valence-electron chi connectivity index (χ1n) is 9.47. The van der Waals surface area contributed by atoms with Crippen molar-refractivity contribution in [2.24, 2.45) is 11.5 Å². The molecule has 0 spiro atoms. The number of fused-ring (bicyclic) bond motifs is 1. The number of aromatic amines is 1. The van der Waals surface area contributed by atoms with Gasteiger partial charge in [0.25, 0.3) is 0 Å². The molecule has 0 aliphatic carbocycles. The lowest BCUT2D eigenvalue weighted by molar-refractivity contribution is 0.537. The van der Waals surface area contributed by atoms with Crippen molar-refractivity contribution in [1.29, 1.82) is 10.8 Å². The molecule has 8 heteroatoms. The summed E-state index contributed by atoms with van der Waals surface area (Å²) in [6, 6.07) is 20.0. The molecule has 7 N–H and O–H groups in total. The fourth-order valence-electron chi connectivity index (χ4n) is 3.33. The number of nitrogen functional groups attached to an aromatic ring is 2. The molecule has 2 aromatic carbocycles. The van der Waals surface area contributed by atoms with Crippen molar-refractivity contribution in [3.05, 3.63) is 77.9 Å². The largest absolute Gasteiger partial charge is 0.453 e. The average molecular weight is 410 g/mol. The normalized spacial score (nSPS) is 11.1. The molecular formula is C23H18N6O2. The number of rotatable bonds is 5. The van der Waals surface area contributed by atoms with Crippen molar-refractivity contribution in [1.82, 2.24) is 9.97 Å². The molecule has 152 valence electrons. The minimum atomic E-state index is 0.00268. The van der Waals surface area contributed by atoms with Crippen LogP contribution in [0.3, 0.4) is 0 Å². The second kappa shape index (κ2) is 7.03. The highest BCUT2D eigenvalue weighted by atomic mass is 16.4. The molecule has 0 aliphatic rings. The highest BCUT2D eigenvalue weighted by Gasteiger charge is 2.14. The van der Waals surface area contributed by atoms with E-state index in [-0.39, 0.29) is 11.7 Å². The fraction of sp³-hybridized carbons (Fsp3) is 0. The maximum Gasteiger partial charge on any atom is 0.174 e. The van der Waals surface area contributed by atoms with Crippen LogP contribution in [0.15, 0.2) is 75.6 Å². The third kappa shape index (κ3) is 3.36. The van der Waals surface area contributed by atoms with Gasteiger partial charge in [-0.25, -0.2) is 4.98 Å². The zero-order valence-electron chi connectivity index (χ0n) is 16.3. The predicted octanol–water partition coefficient (Wildman–Crippen LogP) is 4.32. The first kappa shape index (κ1) is 18.4. The van der Waals surface area contributed by atoms with E-state index in [1.807, 2.05) is 42.5 Å². The molecule has 5 aromatic rings. The number of hydrogen-bond acceptors (Lipinski definition) is 5. The molecule has 3 heterocycles. The zero-order valence-corrected chi connectivity index (χ0v) is 16.3. The third-order valence-electron chi connectivity index (χ3n) is 4.96. The van der Waals surface area contributed by atoms with Gasteiger partial charge in [-0.3, -0.25) is 10.8 Å². The van der Waals surface area contributed by atoms with E-state index in [0.29, 0.717) is 40.0 Å². The first-order chi connectivity index (χ1) is 15.0. The smallest absolute Gasteiger partial charge is 0.174 e. The van der Waals surface area contributed by atoms with Crippen molar-refractivity contribution in [2.75, 3.05) is 0 Å². The summed E-state index contributed by atoms with van der Waals surface area (Å²) in [6.07, 6.45) is 0. The van der Waals surface area contributed by atoms with Crippen molar-refractivity contribution in [3.63, 3.8) is 0 Å². The Hall–Kier alpha value is -4.59. The van der Waals surface area contributed by atoms with E-state index in [0.717, 1.165) is 16.6 Å². The van der Waals surface area contributed by atoms with Crippen LogP contribution in [-0.2, 0) is 0 Å². The lowest BCUT2D eigenvalue weighted by Crippen LogP contribution is -2.10. The van der Waals surface area contributed by atoms with Crippen LogP contribution in [0.2, 0.25) is 0 Å². The first-order valence-corrected chi connectivity index (χ1v) is 9.47. The predicted molar refractivity (Wildman–Crippen MR) is 119 cm³/mol. The SMILES string of the molecule is N=C(N)c1ccc(-c2ccc(-c3ccc(-c4nc5ccc(C(=N)N)cc5[nH]4)o3)o2)cc1. The van der Waals surface area contributed by atoms with E-state index in [1.54, 1.807) is 24.3 Å². The maximum atomic E-state index is 7.57. The number of imidazole rings is 1. The third-order valence-corrected chi connectivity index (χ3v) is 4.96. The summed E-state index contributed by atoms with van der Waals surface area (Å²) in [5, 5.41) is 15.1. The van der Waals surface area contributed by atoms with Gasteiger partial charge in [0.2, 0.25) is 0 Å². The van der Waals surface area contributed by atoms with Crippen molar-refractivity contribution >= 4 is 22.7 Å². The van der Waals surface area contributed by atoms with Crippen molar-refractivity contribution in [2.45, 2.75) is 0 Å². The number of nitrogens with two attached hydrogens (primary N) is 2. The Morgan fingerprint density at radius 3 is 1.97 bits per heavy atom. The standard InChI is InChI=1S/C23H18N6O2/c24-21(25)13-3-1-12(2-4-13)17-7-8-18(30-17)19-9-10-20(31-19)23-28-15-6-5-14(22(26)27)11-16(15)29-23/h1-11H,(H3,24,25)(H3,26,27)(H,28,29).